The molecular formula is C14H26N2. The van der Waals surface area contributed by atoms with E-state index in [1.54, 1.807) is 0 Å². The Hall–Kier alpha value is -0.500. The molecule has 0 amide bonds. The minimum Gasteiger partial charge on any atom is -0.375 e. The second-order valence-corrected chi connectivity index (χ2v) is 5.47. The number of rotatable bonds is 3. The highest BCUT2D eigenvalue weighted by Crippen LogP contribution is 2.28. The molecule has 0 spiro atoms. The zero-order valence-corrected chi connectivity index (χ0v) is 10.7. The molecule has 1 atom stereocenters. The highest BCUT2D eigenvalue weighted by Gasteiger charge is 2.23. The molecule has 2 heteroatoms. The van der Waals surface area contributed by atoms with Gasteiger partial charge in [0.2, 0.25) is 0 Å². The molecule has 2 aliphatic heterocycles. The monoisotopic (exact) mass is 222 g/mol. The Morgan fingerprint density at radius 1 is 1.25 bits per heavy atom. The maximum Gasteiger partial charge on any atom is 0.0204 e. The van der Waals surface area contributed by atoms with E-state index in [4.69, 9.17) is 0 Å². The summed E-state index contributed by atoms with van der Waals surface area (Å²) >= 11 is 0. The van der Waals surface area contributed by atoms with Crippen LogP contribution in [0.2, 0.25) is 0 Å². The first-order chi connectivity index (χ1) is 7.79. The first-order valence-electron chi connectivity index (χ1n) is 6.93. The van der Waals surface area contributed by atoms with Gasteiger partial charge in [-0.25, -0.2) is 0 Å². The van der Waals surface area contributed by atoms with Gasteiger partial charge in [0, 0.05) is 18.8 Å². The number of hydrogen-bond donors (Lipinski definition) is 1. The number of nitrogens with zero attached hydrogens (tertiary/aromatic N) is 1. The number of likely N-dealkylation sites (tertiary alicyclic amines) is 1. The average Bonchev–Trinajstić information content (AvgIpc) is 2.33. The van der Waals surface area contributed by atoms with E-state index in [0.717, 1.165) is 11.8 Å². The Balaban J connectivity index is 1.79. The third-order valence-corrected chi connectivity index (χ3v) is 4.29. The largest absolute Gasteiger partial charge is 0.375 e. The van der Waals surface area contributed by atoms with Crippen LogP contribution in [0.1, 0.15) is 39.0 Å². The molecule has 1 unspecified atom stereocenters. The van der Waals surface area contributed by atoms with E-state index in [2.05, 4.69) is 23.7 Å². The molecule has 0 radical (unpaired) electrons. The topological polar surface area (TPSA) is 15.3 Å². The van der Waals surface area contributed by atoms with Crippen LogP contribution in [0.5, 0.6) is 0 Å². The van der Waals surface area contributed by atoms with Gasteiger partial charge in [-0.1, -0.05) is 19.9 Å². The highest BCUT2D eigenvalue weighted by molar-refractivity contribution is 5.00. The smallest absolute Gasteiger partial charge is 0.0204 e. The molecule has 0 aromatic heterocycles. The fourth-order valence-corrected chi connectivity index (χ4v) is 3.01. The predicted molar refractivity (Wildman–Crippen MR) is 69.3 cm³/mol. The van der Waals surface area contributed by atoms with Gasteiger partial charge in [0.15, 0.2) is 0 Å². The van der Waals surface area contributed by atoms with Crippen LogP contribution < -0.4 is 5.32 Å². The lowest BCUT2D eigenvalue weighted by Gasteiger charge is -2.38. The first-order valence-corrected chi connectivity index (χ1v) is 6.93. The maximum absolute atomic E-state index is 4.27. The molecule has 2 nitrogen and oxygen atoms in total. The van der Waals surface area contributed by atoms with Gasteiger partial charge in [0.05, 0.1) is 0 Å². The molecule has 2 aliphatic rings. The second-order valence-electron chi connectivity index (χ2n) is 5.47. The normalized spacial score (nSPS) is 28.4. The highest BCUT2D eigenvalue weighted by atomic mass is 15.1. The molecule has 2 fully saturated rings. The summed E-state index contributed by atoms with van der Waals surface area (Å²) in [6, 6.07) is 0. The number of allylic oxidation sites excluding steroid dienone is 1. The second kappa shape index (κ2) is 5.72. The fraction of sp³-hybridized carbons (Fsp3) is 0.857. The lowest BCUT2D eigenvalue weighted by molar-refractivity contribution is 0.192. The van der Waals surface area contributed by atoms with E-state index in [-0.39, 0.29) is 0 Å². The van der Waals surface area contributed by atoms with Gasteiger partial charge in [-0.15, -0.1) is 0 Å². The van der Waals surface area contributed by atoms with Gasteiger partial charge in [-0.2, -0.15) is 0 Å². The Bertz CT molecular complexity index is 231. The van der Waals surface area contributed by atoms with E-state index in [1.807, 2.05) is 0 Å². The van der Waals surface area contributed by atoms with Crippen molar-refractivity contribution in [3.63, 3.8) is 0 Å². The average molecular weight is 222 g/mol. The first kappa shape index (κ1) is 12.0. The van der Waals surface area contributed by atoms with E-state index in [1.165, 1.54) is 64.0 Å². The van der Waals surface area contributed by atoms with Crippen molar-refractivity contribution in [2.75, 3.05) is 26.2 Å². The zero-order chi connectivity index (χ0) is 11.4. The maximum atomic E-state index is 4.27. The van der Waals surface area contributed by atoms with Gasteiger partial charge >= 0.3 is 0 Å². The Morgan fingerprint density at radius 3 is 2.62 bits per heavy atom. The number of hydrogen-bond acceptors (Lipinski definition) is 2. The van der Waals surface area contributed by atoms with Crippen molar-refractivity contribution >= 4 is 0 Å². The lowest BCUT2D eigenvalue weighted by Crippen LogP contribution is -2.38. The Kier molecular flexibility index (Phi) is 4.28. The van der Waals surface area contributed by atoms with Crippen LogP contribution in [0, 0.1) is 11.8 Å². The summed E-state index contributed by atoms with van der Waals surface area (Å²) in [6.45, 7) is 11.5. The predicted octanol–water partition coefficient (Wildman–Crippen LogP) is 2.62. The molecular weight excluding hydrogens is 196 g/mol. The number of piperidine rings is 2. The third-order valence-electron chi connectivity index (χ3n) is 4.29. The molecule has 2 saturated heterocycles. The van der Waals surface area contributed by atoms with E-state index in [0.29, 0.717) is 0 Å². The third kappa shape index (κ3) is 3.00. The van der Waals surface area contributed by atoms with Crippen molar-refractivity contribution in [2.24, 2.45) is 11.8 Å². The van der Waals surface area contributed by atoms with E-state index >= 15 is 0 Å². The molecule has 92 valence electrons. The van der Waals surface area contributed by atoms with Gasteiger partial charge < -0.3 is 10.2 Å². The Morgan fingerprint density at radius 2 is 2.00 bits per heavy atom. The molecule has 2 heterocycles. The minimum absolute atomic E-state index is 0.899. The van der Waals surface area contributed by atoms with Crippen LogP contribution >= 0.6 is 0 Å². The van der Waals surface area contributed by atoms with Crippen molar-refractivity contribution in [3.8, 4) is 0 Å². The molecule has 0 aliphatic carbocycles. The van der Waals surface area contributed by atoms with E-state index in [9.17, 15) is 0 Å². The minimum atomic E-state index is 0.899. The molecule has 2 rings (SSSR count). The van der Waals surface area contributed by atoms with Crippen molar-refractivity contribution < 1.29 is 0 Å². The fourth-order valence-electron chi connectivity index (χ4n) is 3.01. The summed E-state index contributed by atoms with van der Waals surface area (Å²) in [5.74, 6) is 1.80. The zero-order valence-electron chi connectivity index (χ0n) is 10.7. The van der Waals surface area contributed by atoms with Crippen molar-refractivity contribution in [2.45, 2.75) is 39.0 Å². The van der Waals surface area contributed by atoms with Crippen LogP contribution in [0.15, 0.2) is 12.3 Å². The summed E-state index contributed by atoms with van der Waals surface area (Å²) in [4.78, 5) is 2.56. The Labute approximate surface area is 100 Å². The van der Waals surface area contributed by atoms with Crippen LogP contribution in [0.3, 0.4) is 0 Å². The standard InChI is InChI=1S/C14H26N2/c1-3-13-6-9-16(12(2)10-13)11-14-4-7-15-8-5-14/h13-15H,2-11H2,1H3. The van der Waals surface area contributed by atoms with Crippen molar-refractivity contribution in [1.82, 2.24) is 10.2 Å². The molecule has 16 heavy (non-hydrogen) atoms. The summed E-state index contributed by atoms with van der Waals surface area (Å²) in [5, 5.41) is 3.44. The van der Waals surface area contributed by atoms with Crippen LogP contribution in [0.4, 0.5) is 0 Å². The molecule has 0 saturated carbocycles. The van der Waals surface area contributed by atoms with Gasteiger partial charge in [-0.3, -0.25) is 0 Å². The quantitative estimate of drug-likeness (QED) is 0.789. The van der Waals surface area contributed by atoms with Crippen LogP contribution in [0.25, 0.3) is 0 Å². The van der Waals surface area contributed by atoms with Crippen LogP contribution in [-0.2, 0) is 0 Å². The summed E-state index contributed by atoms with van der Waals surface area (Å²) in [5.41, 5.74) is 1.40. The molecule has 0 bridgehead atoms. The SMILES string of the molecule is C=C1CC(CC)CCN1CC1CCNCC1. The van der Waals surface area contributed by atoms with Gasteiger partial charge in [-0.05, 0) is 50.6 Å². The molecule has 1 N–H and O–H groups in total. The van der Waals surface area contributed by atoms with Crippen molar-refractivity contribution in [3.05, 3.63) is 12.3 Å². The van der Waals surface area contributed by atoms with Crippen molar-refractivity contribution in [1.29, 1.82) is 0 Å². The lowest BCUT2D eigenvalue weighted by atomic mass is 9.90. The number of nitrogens with one attached hydrogen (secondary N) is 1. The van der Waals surface area contributed by atoms with Crippen LogP contribution in [-0.4, -0.2) is 31.1 Å². The summed E-state index contributed by atoms with van der Waals surface area (Å²) < 4.78 is 0. The molecule has 0 aromatic rings. The van der Waals surface area contributed by atoms with E-state index < -0.39 is 0 Å². The summed E-state index contributed by atoms with van der Waals surface area (Å²) in [7, 11) is 0. The van der Waals surface area contributed by atoms with Gasteiger partial charge in [0.25, 0.3) is 0 Å². The summed E-state index contributed by atoms with van der Waals surface area (Å²) in [6.07, 6.45) is 6.63. The van der Waals surface area contributed by atoms with Gasteiger partial charge in [0.1, 0.15) is 0 Å². The molecule has 0 aromatic carbocycles.